The lowest BCUT2D eigenvalue weighted by Crippen LogP contribution is -2.16. The molecule has 1 aliphatic rings. The Balaban J connectivity index is 1.89. The van der Waals surface area contributed by atoms with E-state index in [9.17, 15) is 0 Å². The number of ether oxygens (including phenoxy) is 1. The van der Waals surface area contributed by atoms with E-state index in [1.165, 1.54) is 5.56 Å². The van der Waals surface area contributed by atoms with Crippen molar-refractivity contribution in [3.63, 3.8) is 0 Å². The topological polar surface area (TPSA) is 49.9 Å². The fourth-order valence-corrected chi connectivity index (χ4v) is 2.55. The predicted molar refractivity (Wildman–Crippen MR) is 71.6 cm³/mol. The summed E-state index contributed by atoms with van der Waals surface area (Å²) in [4.78, 5) is 8.09. The Bertz CT molecular complexity index is 549. The first kappa shape index (κ1) is 11.7. The number of aryl methyl sites for hydroxylation is 1. The number of hydrogen-bond donors (Lipinski definition) is 2. The monoisotopic (exact) mass is 245 g/mol. The smallest absolute Gasteiger partial charge is 0.124 e. The van der Waals surface area contributed by atoms with E-state index in [1.807, 2.05) is 0 Å². The van der Waals surface area contributed by atoms with Crippen LogP contribution in [0.2, 0.25) is 0 Å². The molecule has 3 rings (SSSR count). The van der Waals surface area contributed by atoms with Gasteiger partial charge in [0.15, 0.2) is 0 Å². The molecular formula is C14H19N3O. The fraction of sp³-hybridized carbons (Fsp3) is 0.500. The van der Waals surface area contributed by atoms with E-state index in [4.69, 9.17) is 4.74 Å². The number of hydrogen-bond acceptors (Lipinski definition) is 3. The van der Waals surface area contributed by atoms with Crippen LogP contribution in [0.25, 0.3) is 11.0 Å². The summed E-state index contributed by atoms with van der Waals surface area (Å²) in [5.41, 5.74) is 3.52. The maximum Gasteiger partial charge on any atom is 0.124 e. The molecule has 1 aliphatic heterocycles. The van der Waals surface area contributed by atoms with Crippen LogP contribution < -0.4 is 5.32 Å². The van der Waals surface area contributed by atoms with Gasteiger partial charge in [-0.25, -0.2) is 4.98 Å². The van der Waals surface area contributed by atoms with Crippen molar-refractivity contribution in [1.82, 2.24) is 15.3 Å². The summed E-state index contributed by atoms with van der Waals surface area (Å²) in [6.45, 7) is 3.07. The standard InChI is InChI=1S/C14H19N3O/c1-3-9-4-5-11-12(6-9)17-14(16-11)13-7-10(18-2)8-15-13/h4-6,10,13,15H,3,7-8H2,1-2H3,(H,16,17). The van der Waals surface area contributed by atoms with Crippen molar-refractivity contribution in [3.05, 3.63) is 29.6 Å². The van der Waals surface area contributed by atoms with E-state index in [-0.39, 0.29) is 6.04 Å². The summed E-state index contributed by atoms with van der Waals surface area (Å²) in [6.07, 6.45) is 2.34. The minimum atomic E-state index is 0.285. The molecule has 2 N–H and O–H groups in total. The van der Waals surface area contributed by atoms with E-state index >= 15 is 0 Å². The van der Waals surface area contributed by atoms with Crippen molar-refractivity contribution in [2.24, 2.45) is 0 Å². The molecule has 0 aliphatic carbocycles. The van der Waals surface area contributed by atoms with Crippen molar-refractivity contribution < 1.29 is 4.74 Å². The molecule has 1 saturated heterocycles. The van der Waals surface area contributed by atoms with E-state index < -0.39 is 0 Å². The highest BCUT2D eigenvalue weighted by Crippen LogP contribution is 2.25. The Labute approximate surface area is 107 Å². The number of aromatic nitrogens is 2. The zero-order chi connectivity index (χ0) is 12.5. The molecule has 0 amide bonds. The summed E-state index contributed by atoms with van der Waals surface area (Å²) in [5, 5.41) is 3.44. The average Bonchev–Trinajstić information content (AvgIpc) is 3.03. The number of methoxy groups -OCH3 is 1. The van der Waals surface area contributed by atoms with Crippen LogP contribution >= 0.6 is 0 Å². The molecule has 1 aromatic carbocycles. The van der Waals surface area contributed by atoms with E-state index in [0.717, 1.165) is 36.2 Å². The summed E-state index contributed by atoms with van der Waals surface area (Å²) in [7, 11) is 1.76. The van der Waals surface area contributed by atoms with Crippen LogP contribution in [0.1, 0.15) is 30.8 Å². The largest absolute Gasteiger partial charge is 0.380 e. The average molecular weight is 245 g/mol. The van der Waals surface area contributed by atoms with Crippen LogP contribution in [0.3, 0.4) is 0 Å². The number of aromatic amines is 1. The van der Waals surface area contributed by atoms with E-state index in [0.29, 0.717) is 6.10 Å². The summed E-state index contributed by atoms with van der Waals surface area (Å²) in [6, 6.07) is 6.71. The highest BCUT2D eigenvalue weighted by atomic mass is 16.5. The first-order valence-electron chi connectivity index (χ1n) is 6.55. The molecule has 1 aromatic heterocycles. The van der Waals surface area contributed by atoms with Gasteiger partial charge in [0.05, 0.1) is 23.2 Å². The SMILES string of the molecule is CCc1ccc2nc(C3CC(OC)CN3)[nH]c2c1. The lowest BCUT2D eigenvalue weighted by atomic mass is 10.1. The summed E-state index contributed by atoms with van der Waals surface area (Å²) >= 11 is 0. The van der Waals surface area contributed by atoms with Gasteiger partial charge >= 0.3 is 0 Å². The fourth-order valence-electron chi connectivity index (χ4n) is 2.55. The van der Waals surface area contributed by atoms with Crippen molar-refractivity contribution in [2.75, 3.05) is 13.7 Å². The predicted octanol–water partition coefficient (Wildman–Crippen LogP) is 2.17. The summed E-state index contributed by atoms with van der Waals surface area (Å²) in [5.74, 6) is 1.03. The second-order valence-corrected chi connectivity index (χ2v) is 4.88. The molecule has 18 heavy (non-hydrogen) atoms. The molecule has 1 fully saturated rings. The van der Waals surface area contributed by atoms with Crippen LogP contribution in [0.5, 0.6) is 0 Å². The molecule has 2 atom stereocenters. The molecule has 2 heterocycles. The van der Waals surface area contributed by atoms with Gasteiger partial charge in [-0.1, -0.05) is 13.0 Å². The minimum Gasteiger partial charge on any atom is -0.380 e. The second kappa shape index (κ2) is 4.71. The lowest BCUT2D eigenvalue weighted by Gasteiger charge is -2.06. The molecule has 0 bridgehead atoms. The minimum absolute atomic E-state index is 0.285. The van der Waals surface area contributed by atoms with Crippen molar-refractivity contribution >= 4 is 11.0 Å². The van der Waals surface area contributed by atoms with Crippen molar-refractivity contribution in [1.29, 1.82) is 0 Å². The first-order chi connectivity index (χ1) is 8.80. The Morgan fingerprint density at radius 3 is 3.06 bits per heavy atom. The van der Waals surface area contributed by atoms with Crippen LogP contribution in [-0.2, 0) is 11.2 Å². The van der Waals surface area contributed by atoms with Crippen LogP contribution in [0, 0.1) is 0 Å². The highest BCUT2D eigenvalue weighted by Gasteiger charge is 2.27. The number of nitrogens with zero attached hydrogens (tertiary/aromatic N) is 1. The lowest BCUT2D eigenvalue weighted by molar-refractivity contribution is 0.117. The molecular weight excluding hydrogens is 226 g/mol. The van der Waals surface area contributed by atoms with Gasteiger partial charge in [0.25, 0.3) is 0 Å². The molecule has 0 radical (unpaired) electrons. The number of benzene rings is 1. The Kier molecular flexibility index (Phi) is 3.06. The number of nitrogens with one attached hydrogen (secondary N) is 2. The molecule has 96 valence electrons. The van der Waals surface area contributed by atoms with Gasteiger partial charge in [-0.2, -0.15) is 0 Å². The van der Waals surface area contributed by atoms with Gasteiger partial charge in [-0.3, -0.25) is 0 Å². The van der Waals surface area contributed by atoms with Gasteiger partial charge in [0, 0.05) is 13.7 Å². The number of rotatable bonds is 3. The third-order valence-electron chi connectivity index (χ3n) is 3.73. The van der Waals surface area contributed by atoms with Gasteiger partial charge < -0.3 is 15.0 Å². The Hall–Kier alpha value is -1.39. The van der Waals surface area contributed by atoms with E-state index in [2.05, 4.69) is 40.4 Å². The quantitative estimate of drug-likeness (QED) is 0.871. The maximum atomic E-state index is 5.37. The zero-order valence-corrected chi connectivity index (χ0v) is 10.9. The molecule has 0 spiro atoms. The van der Waals surface area contributed by atoms with Gasteiger partial charge in [0.2, 0.25) is 0 Å². The zero-order valence-electron chi connectivity index (χ0n) is 10.9. The third kappa shape index (κ3) is 2.02. The van der Waals surface area contributed by atoms with Crippen molar-refractivity contribution in [3.8, 4) is 0 Å². The molecule has 0 saturated carbocycles. The molecule has 2 unspecified atom stereocenters. The normalized spacial score (nSPS) is 23.9. The van der Waals surface area contributed by atoms with Gasteiger partial charge in [-0.05, 0) is 30.5 Å². The van der Waals surface area contributed by atoms with Crippen LogP contribution in [-0.4, -0.2) is 29.7 Å². The number of fused-ring (bicyclic) bond motifs is 1. The Morgan fingerprint density at radius 1 is 1.44 bits per heavy atom. The number of imidazole rings is 1. The highest BCUT2D eigenvalue weighted by molar-refractivity contribution is 5.76. The molecule has 2 aromatic rings. The van der Waals surface area contributed by atoms with Gasteiger partial charge in [0.1, 0.15) is 5.82 Å². The van der Waals surface area contributed by atoms with Crippen LogP contribution in [0.15, 0.2) is 18.2 Å². The number of H-pyrrole nitrogens is 1. The van der Waals surface area contributed by atoms with E-state index in [1.54, 1.807) is 7.11 Å². The van der Waals surface area contributed by atoms with Crippen LogP contribution in [0.4, 0.5) is 0 Å². The first-order valence-corrected chi connectivity index (χ1v) is 6.55. The van der Waals surface area contributed by atoms with Crippen molar-refractivity contribution in [2.45, 2.75) is 31.9 Å². The Morgan fingerprint density at radius 2 is 2.33 bits per heavy atom. The maximum absolute atomic E-state index is 5.37. The molecule has 4 nitrogen and oxygen atoms in total. The third-order valence-corrected chi connectivity index (χ3v) is 3.73. The summed E-state index contributed by atoms with van der Waals surface area (Å²) < 4.78 is 5.37. The second-order valence-electron chi connectivity index (χ2n) is 4.88. The van der Waals surface area contributed by atoms with Gasteiger partial charge in [-0.15, -0.1) is 0 Å². The molecule has 4 heteroatoms.